The molecule has 33 heavy (non-hydrogen) atoms. The standard InChI is InChI=1S/C25H36N4O4/c1-15(2)25(3)14-22(30)29(24(26)28-25)20(10-11-32-4)17-13-18(17)23(31)27-19-9-12-33-21-8-6-5-7-16(19)21/h5-8,15,17-20H,9-14H2,1-4H3,(H2,26,28)(H,27,31)/t17-,18-,19-,20+,25-/m0/s1. The Morgan fingerprint density at radius 1 is 1.39 bits per heavy atom. The summed E-state index contributed by atoms with van der Waals surface area (Å²) >= 11 is 0. The third-order valence-electron chi connectivity index (χ3n) is 7.53. The average Bonchev–Trinajstić information content (AvgIpc) is 3.56. The Bertz CT molecular complexity index is 933. The molecule has 1 fully saturated rings. The number of aliphatic imine (C=N–C) groups is 1. The van der Waals surface area contributed by atoms with Gasteiger partial charge in [-0.1, -0.05) is 32.0 Å². The van der Waals surface area contributed by atoms with Gasteiger partial charge in [0.1, 0.15) is 5.75 Å². The second-order valence-electron chi connectivity index (χ2n) is 10.0. The predicted molar refractivity (Wildman–Crippen MR) is 126 cm³/mol. The molecule has 4 rings (SSSR count). The first-order valence-electron chi connectivity index (χ1n) is 11.9. The lowest BCUT2D eigenvalue weighted by molar-refractivity contribution is -0.133. The van der Waals surface area contributed by atoms with E-state index in [2.05, 4.69) is 19.2 Å². The number of nitrogens with one attached hydrogen (secondary N) is 1. The van der Waals surface area contributed by atoms with E-state index in [1.807, 2.05) is 31.2 Å². The number of nitrogens with two attached hydrogens (primary N) is 1. The van der Waals surface area contributed by atoms with Gasteiger partial charge in [-0.15, -0.1) is 0 Å². The fourth-order valence-corrected chi connectivity index (χ4v) is 5.05. The summed E-state index contributed by atoms with van der Waals surface area (Å²) in [5.41, 5.74) is 6.86. The van der Waals surface area contributed by atoms with Crippen molar-refractivity contribution in [3.8, 4) is 5.75 Å². The topological polar surface area (TPSA) is 106 Å². The van der Waals surface area contributed by atoms with Crippen LogP contribution in [0.5, 0.6) is 5.75 Å². The van der Waals surface area contributed by atoms with Crippen LogP contribution in [0.4, 0.5) is 0 Å². The number of methoxy groups -OCH3 is 1. The number of benzene rings is 1. The van der Waals surface area contributed by atoms with Crippen LogP contribution in [0.25, 0.3) is 0 Å². The van der Waals surface area contributed by atoms with Crippen LogP contribution < -0.4 is 15.8 Å². The minimum absolute atomic E-state index is 0.0239. The highest BCUT2D eigenvalue weighted by Crippen LogP contribution is 2.46. The van der Waals surface area contributed by atoms with Crippen LogP contribution in [0.2, 0.25) is 0 Å². The highest BCUT2D eigenvalue weighted by atomic mass is 16.5. The van der Waals surface area contributed by atoms with Gasteiger partial charge in [-0.3, -0.25) is 14.5 Å². The number of guanidine groups is 1. The molecule has 2 amide bonds. The van der Waals surface area contributed by atoms with Gasteiger partial charge in [0.25, 0.3) is 0 Å². The lowest BCUT2D eigenvalue weighted by Crippen LogP contribution is -2.57. The number of nitrogens with zero attached hydrogens (tertiary/aromatic N) is 2. The SMILES string of the molecule is COCC[C@H]([C@H]1C[C@@H]1C(=O)N[C@H]1CCOc2ccccc21)N1C(=O)C[C@@](C)(C(C)C)N=C1N. The van der Waals surface area contributed by atoms with Gasteiger partial charge < -0.3 is 20.5 Å². The Morgan fingerprint density at radius 3 is 2.85 bits per heavy atom. The first-order valence-corrected chi connectivity index (χ1v) is 11.9. The molecule has 0 spiro atoms. The zero-order chi connectivity index (χ0) is 23.8. The number of carbonyl (C=O) groups excluding carboxylic acids is 2. The third-order valence-corrected chi connectivity index (χ3v) is 7.53. The summed E-state index contributed by atoms with van der Waals surface area (Å²) in [5, 5.41) is 3.22. The van der Waals surface area contributed by atoms with E-state index >= 15 is 0 Å². The number of hydrogen-bond acceptors (Lipinski definition) is 6. The van der Waals surface area contributed by atoms with Gasteiger partial charge in [-0.2, -0.15) is 0 Å². The summed E-state index contributed by atoms with van der Waals surface area (Å²) in [6, 6.07) is 7.57. The summed E-state index contributed by atoms with van der Waals surface area (Å²) < 4.78 is 11.0. The van der Waals surface area contributed by atoms with E-state index in [-0.39, 0.29) is 47.6 Å². The van der Waals surface area contributed by atoms with Crippen molar-refractivity contribution in [2.75, 3.05) is 20.3 Å². The van der Waals surface area contributed by atoms with Gasteiger partial charge in [0.05, 0.1) is 24.6 Å². The maximum atomic E-state index is 13.2. The molecule has 3 aliphatic rings. The zero-order valence-electron chi connectivity index (χ0n) is 20.0. The Labute approximate surface area is 195 Å². The van der Waals surface area contributed by atoms with E-state index in [4.69, 9.17) is 20.2 Å². The molecule has 1 aliphatic carbocycles. The van der Waals surface area contributed by atoms with E-state index in [1.165, 1.54) is 0 Å². The Morgan fingerprint density at radius 2 is 2.15 bits per heavy atom. The maximum absolute atomic E-state index is 13.2. The van der Waals surface area contributed by atoms with E-state index < -0.39 is 5.54 Å². The molecular weight excluding hydrogens is 420 g/mol. The molecule has 1 saturated carbocycles. The lowest BCUT2D eigenvalue weighted by atomic mass is 9.84. The van der Waals surface area contributed by atoms with Gasteiger partial charge in [-0.25, -0.2) is 4.99 Å². The molecule has 0 bridgehead atoms. The summed E-state index contributed by atoms with van der Waals surface area (Å²) in [6.07, 6.45) is 2.40. The van der Waals surface area contributed by atoms with Crippen molar-refractivity contribution >= 4 is 17.8 Å². The van der Waals surface area contributed by atoms with Crippen molar-refractivity contribution in [3.63, 3.8) is 0 Å². The van der Waals surface area contributed by atoms with Gasteiger partial charge in [0.15, 0.2) is 5.96 Å². The number of ether oxygens (including phenoxy) is 2. The molecule has 0 radical (unpaired) electrons. The highest BCUT2D eigenvalue weighted by Gasteiger charge is 2.52. The number of amides is 2. The van der Waals surface area contributed by atoms with Gasteiger partial charge >= 0.3 is 0 Å². The fourth-order valence-electron chi connectivity index (χ4n) is 5.05. The van der Waals surface area contributed by atoms with Crippen molar-refractivity contribution in [1.82, 2.24) is 10.2 Å². The van der Waals surface area contributed by atoms with Crippen LogP contribution in [0, 0.1) is 17.8 Å². The van der Waals surface area contributed by atoms with Crippen LogP contribution in [0.1, 0.15) is 58.1 Å². The maximum Gasteiger partial charge on any atom is 0.231 e. The second-order valence-corrected chi connectivity index (χ2v) is 10.0. The molecule has 0 unspecified atom stereocenters. The molecule has 0 saturated heterocycles. The van der Waals surface area contributed by atoms with E-state index in [1.54, 1.807) is 12.0 Å². The van der Waals surface area contributed by atoms with Crippen molar-refractivity contribution in [1.29, 1.82) is 0 Å². The molecule has 2 aliphatic heterocycles. The molecule has 1 aromatic rings. The normalized spacial score (nSPS) is 29.7. The van der Waals surface area contributed by atoms with Gasteiger partial charge in [0, 0.05) is 37.7 Å². The van der Waals surface area contributed by atoms with Crippen LogP contribution in [-0.2, 0) is 14.3 Å². The average molecular weight is 457 g/mol. The molecule has 8 nitrogen and oxygen atoms in total. The Hall–Kier alpha value is -2.61. The fraction of sp³-hybridized carbons (Fsp3) is 0.640. The number of carbonyl (C=O) groups is 2. The molecule has 180 valence electrons. The Kier molecular flexibility index (Phi) is 6.66. The van der Waals surface area contributed by atoms with Crippen molar-refractivity contribution in [2.24, 2.45) is 28.5 Å². The van der Waals surface area contributed by atoms with Crippen molar-refractivity contribution in [2.45, 2.75) is 64.1 Å². The molecule has 8 heteroatoms. The molecule has 3 N–H and O–H groups in total. The second kappa shape index (κ2) is 9.33. The van der Waals surface area contributed by atoms with E-state index in [0.29, 0.717) is 26.1 Å². The van der Waals surface area contributed by atoms with Crippen molar-refractivity contribution in [3.05, 3.63) is 29.8 Å². The summed E-state index contributed by atoms with van der Waals surface area (Å²) in [4.78, 5) is 32.7. The number of hydrogen-bond donors (Lipinski definition) is 2. The summed E-state index contributed by atoms with van der Waals surface area (Å²) in [5.74, 6) is 1.17. The van der Waals surface area contributed by atoms with Crippen LogP contribution >= 0.6 is 0 Å². The number of para-hydroxylation sites is 1. The quantitative estimate of drug-likeness (QED) is 0.625. The summed E-state index contributed by atoms with van der Waals surface area (Å²) in [7, 11) is 1.64. The van der Waals surface area contributed by atoms with Crippen LogP contribution in [0.3, 0.4) is 0 Å². The van der Waals surface area contributed by atoms with Gasteiger partial charge in [-0.05, 0) is 37.7 Å². The van der Waals surface area contributed by atoms with E-state index in [9.17, 15) is 9.59 Å². The van der Waals surface area contributed by atoms with Crippen molar-refractivity contribution < 1.29 is 19.1 Å². The largest absolute Gasteiger partial charge is 0.493 e. The highest BCUT2D eigenvalue weighted by molar-refractivity contribution is 5.99. The minimum Gasteiger partial charge on any atom is -0.493 e. The Balaban J connectivity index is 1.48. The summed E-state index contributed by atoms with van der Waals surface area (Å²) in [6.45, 7) is 7.15. The van der Waals surface area contributed by atoms with Crippen LogP contribution in [-0.4, -0.2) is 54.6 Å². The first-order chi connectivity index (χ1) is 15.7. The molecular formula is C25H36N4O4. The smallest absolute Gasteiger partial charge is 0.231 e. The lowest BCUT2D eigenvalue weighted by Gasteiger charge is -2.41. The molecule has 1 aromatic carbocycles. The third kappa shape index (κ3) is 4.71. The molecule has 5 atom stereocenters. The number of rotatable bonds is 8. The predicted octanol–water partition coefficient (Wildman–Crippen LogP) is 2.63. The first kappa shape index (κ1) is 23.5. The zero-order valence-corrected chi connectivity index (χ0v) is 20.0. The number of fused-ring (bicyclic) bond motifs is 1. The molecule has 0 aromatic heterocycles. The van der Waals surface area contributed by atoms with E-state index in [0.717, 1.165) is 24.2 Å². The van der Waals surface area contributed by atoms with Gasteiger partial charge in [0.2, 0.25) is 11.8 Å². The molecule has 2 heterocycles. The monoisotopic (exact) mass is 456 g/mol. The minimum atomic E-state index is -0.500. The van der Waals surface area contributed by atoms with Crippen LogP contribution in [0.15, 0.2) is 29.3 Å².